The van der Waals surface area contributed by atoms with Gasteiger partial charge in [0.15, 0.2) is 17.5 Å². The number of hydrogen-bond acceptors (Lipinski definition) is 3. The van der Waals surface area contributed by atoms with E-state index in [-0.39, 0.29) is 0 Å². The highest BCUT2D eigenvalue weighted by molar-refractivity contribution is 6.15. The van der Waals surface area contributed by atoms with E-state index in [1.807, 2.05) is 24.3 Å². The van der Waals surface area contributed by atoms with Crippen LogP contribution in [0, 0.1) is 0 Å². The van der Waals surface area contributed by atoms with Gasteiger partial charge in [0.2, 0.25) is 0 Å². The lowest BCUT2D eigenvalue weighted by molar-refractivity contribution is 1.07. The van der Waals surface area contributed by atoms with Crippen LogP contribution in [0.1, 0.15) is 0 Å². The molecule has 304 valence electrons. The standard InChI is InChI=1S/C61H40N4/c1-6-20-41(21-7-1)42-34-36-47(37-35-42)60-62-59(46-28-14-5-15-29-46)63-61(64-60)53-40-51(43-22-8-2-9-23-43)58(57(45-26-12-4-13-27-45)56(53)44-24-10-3-11-25-44)65-54-33-19-18-32-50(54)52-38-48-30-16-17-31-49(48)39-55(52)65/h1-40H. The summed E-state index contributed by atoms with van der Waals surface area (Å²) in [6.45, 7) is 0. The van der Waals surface area contributed by atoms with Gasteiger partial charge in [0.1, 0.15) is 0 Å². The zero-order valence-electron chi connectivity index (χ0n) is 35.4. The van der Waals surface area contributed by atoms with Crippen LogP contribution in [0.25, 0.3) is 117 Å². The zero-order valence-corrected chi connectivity index (χ0v) is 35.4. The molecule has 12 aromatic rings. The summed E-state index contributed by atoms with van der Waals surface area (Å²) in [6.07, 6.45) is 0. The maximum atomic E-state index is 5.45. The Morgan fingerprint density at radius 2 is 0.692 bits per heavy atom. The highest BCUT2D eigenvalue weighted by atomic mass is 15.0. The lowest BCUT2D eigenvalue weighted by Crippen LogP contribution is -2.06. The number of fused-ring (bicyclic) bond motifs is 4. The first-order valence-corrected chi connectivity index (χ1v) is 22.0. The molecule has 0 aliphatic rings. The summed E-state index contributed by atoms with van der Waals surface area (Å²) < 4.78 is 2.50. The fraction of sp³-hybridized carbons (Fsp3) is 0. The van der Waals surface area contributed by atoms with Gasteiger partial charge in [0.05, 0.1) is 16.7 Å². The molecule has 0 fully saturated rings. The Balaban J connectivity index is 1.23. The molecule has 4 heteroatoms. The second-order valence-electron chi connectivity index (χ2n) is 16.4. The molecule has 0 saturated carbocycles. The molecule has 0 radical (unpaired) electrons. The van der Waals surface area contributed by atoms with Gasteiger partial charge in [-0.25, -0.2) is 15.0 Å². The summed E-state index contributed by atoms with van der Waals surface area (Å²) >= 11 is 0. The van der Waals surface area contributed by atoms with Crippen LogP contribution in [0.15, 0.2) is 243 Å². The van der Waals surface area contributed by atoms with E-state index >= 15 is 0 Å². The first-order chi connectivity index (χ1) is 32.2. The summed E-state index contributed by atoms with van der Waals surface area (Å²) in [5.41, 5.74) is 14.8. The third-order valence-electron chi connectivity index (χ3n) is 12.4. The van der Waals surface area contributed by atoms with Crippen molar-refractivity contribution < 1.29 is 0 Å². The monoisotopic (exact) mass is 828 g/mol. The van der Waals surface area contributed by atoms with E-state index < -0.39 is 0 Å². The molecule has 10 aromatic carbocycles. The van der Waals surface area contributed by atoms with Crippen LogP contribution < -0.4 is 0 Å². The molecule has 0 unspecified atom stereocenters. The summed E-state index contributed by atoms with van der Waals surface area (Å²) in [4.78, 5) is 16.1. The SMILES string of the molecule is c1ccc(-c2ccc(-c3nc(-c4ccccc4)nc(-c4cc(-c5ccccc5)c(-n5c6ccccc6c6cc7ccccc7cc65)c(-c5ccccc5)c4-c4ccccc4)n3)cc2)cc1. The van der Waals surface area contributed by atoms with Crippen LogP contribution in [0.2, 0.25) is 0 Å². The van der Waals surface area contributed by atoms with Crippen molar-refractivity contribution in [3.63, 3.8) is 0 Å². The van der Waals surface area contributed by atoms with Gasteiger partial charge in [0, 0.05) is 44.2 Å². The number of benzene rings is 10. The molecule has 0 saturated heterocycles. The van der Waals surface area contributed by atoms with Crippen molar-refractivity contribution in [3.8, 4) is 84.4 Å². The third kappa shape index (κ3) is 6.85. The van der Waals surface area contributed by atoms with Crippen molar-refractivity contribution in [1.29, 1.82) is 0 Å². The maximum Gasteiger partial charge on any atom is 0.164 e. The predicted molar refractivity (Wildman–Crippen MR) is 270 cm³/mol. The Morgan fingerprint density at radius 3 is 1.31 bits per heavy atom. The molecular formula is C61H40N4. The quantitative estimate of drug-likeness (QED) is 0.153. The molecule has 2 aromatic heterocycles. The molecule has 0 bridgehead atoms. The normalized spacial score (nSPS) is 11.4. The van der Waals surface area contributed by atoms with E-state index in [4.69, 9.17) is 15.0 Å². The summed E-state index contributed by atoms with van der Waals surface area (Å²) in [6, 6.07) is 86.0. The van der Waals surface area contributed by atoms with Crippen molar-refractivity contribution in [2.45, 2.75) is 0 Å². The van der Waals surface area contributed by atoms with Gasteiger partial charge >= 0.3 is 0 Å². The number of para-hydroxylation sites is 1. The van der Waals surface area contributed by atoms with Gasteiger partial charge in [-0.2, -0.15) is 0 Å². The van der Waals surface area contributed by atoms with Gasteiger partial charge < -0.3 is 4.57 Å². The van der Waals surface area contributed by atoms with E-state index in [0.29, 0.717) is 17.5 Å². The molecule has 0 spiro atoms. The largest absolute Gasteiger partial charge is 0.308 e. The van der Waals surface area contributed by atoms with Gasteiger partial charge in [-0.1, -0.05) is 218 Å². The molecule has 12 rings (SSSR count). The first kappa shape index (κ1) is 38.0. The summed E-state index contributed by atoms with van der Waals surface area (Å²) in [5.74, 6) is 1.81. The van der Waals surface area contributed by atoms with Gasteiger partial charge in [-0.05, 0) is 62.9 Å². The topological polar surface area (TPSA) is 43.6 Å². The lowest BCUT2D eigenvalue weighted by atomic mass is 9.84. The second kappa shape index (κ2) is 16.2. The van der Waals surface area contributed by atoms with E-state index in [2.05, 4.69) is 223 Å². The molecule has 0 N–H and O–H groups in total. The highest BCUT2D eigenvalue weighted by Gasteiger charge is 2.28. The van der Waals surface area contributed by atoms with Crippen molar-refractivity contribution in [2.24, 2.45) is 0 Å². The molecular weight excluding hydrogens is 789 g/mol. The van der Waals surface area contributed by atoms with E-state index in [1.54, 1.807) is 0 Å². The zero-order chi connectivity index (χ0) is 43.1. The summed E-state index contributed by atoms with van der Waals surface area (Å²) in [7, 11) is 0. The van der Waals surface area contributed by atoms with Crippen molar-refractivity contribution in [2.75, 3.05) is 0 Å². The lowest BCUT2D eigenvalue weighted by Gasteiger charge is -2.25. The number of aromatic nitrogens is 4. The molecule has 0 amide bonds. The number of hydrogen-bond donors (Lipinski definition) is 0. The highest BCUT2D eigenvalue weighted by Crippen LogP contribution is 2.50. The van der Waals surface area contributed by atoms with Crippen LogP contribution in [0.5, 0.6) is 0 Å². The maximum absolute atomic E-state index is 5.45. The minimum atomic E-state index is 0.592. The smallest absolute Gasteiger partial charge is 0.164 e. The minimum Gasteiger partial charge on any atom is -0.308 e. The van der Waals surface area contributed by atoms with Crippen LogP contribution >= 0.6 is 0 Å². The number of nitrogens with zero attached hydrogens (tertiary/aromatic N) is 4. The van der Waals surface area contributed by atoms with Gasteiger partial charge in [-0.15, -0.1) is 0 Å². The van der Waals surface area contributed by atoms with Crippen LogP contribution in [-0.2, 0) is 0 Å². The molecule has 65 heavy (non-hydrogen) atoms. The Hall–Kier alpha value is -8.73. The van der Waals surface area contributed by atoms with Crippen molar-refractivity contribution in [1.82, 2.24) is 19.5 Å². The van der Waals surface area contributed by atoms with Crippen LogP contribution in [0.3, 0.4) is 0 Å². The molecule has 4 nitrogen and oxygen atoms in total. The molecule has 0 aliphatic heterocycles. The Bertz CT molecular complexity index is 3660. The van der Waals surface area contributed by atoms with E-state index in [0.717, 1.165) is 77.9 Å². The Morgan fingerprint density at radius 1 is 0.262 bits per heavy atom. The van der Waals surface area contributed by atoms with E-state index in [1.165, 1.54) is 21.5 Å². The summed E-state index contributed by atoms with van der Waals surface area (Å²) in [5, 5.41) is 4.80. The molecule has 2 heterocycles. The van der Waals surface area contributed by atoms with Crippen LogP contribution in [-0.4, -0.2) is 19.5 Å². The fourth-order valence-electron chi connectivity index (χ4n) is 9.39. The first-order valence-electron chi connectivity index (χ1n) is 22.0. The molecule has 0 atom stereocenters. The molecule has 0 aliphatic carbocycles. The minimum absolute atomic E-state index is 0.592. The average molecular weight is 829 g/mol. The van der Waals surface area contributed by atoms with Crippen LogP contribution in [0.4, 0.5) is 0 Å². The second-order valence-corrected chi connectivity index (χ2v) is 16.4. The Kier molecular flexibility index (Phi) is 9.46. The fourth-order valence-corrected chi connectivity index (χ4v) is 9.39. The van der Waals surface area contributed by atoms with Gasteiger partial charge in [-0.3, -0.25) is 0 Å². The Labute approximate surface area is 377 Å². The average Bonchev–Trinajstić information content (AvgIpc) is 3.71. The van der Waals surface area contributed by atoms with Crippen molar-refractivity contribution >= 4 is 32.6 Å². The third-order valence-corrected chi connectivity index (χ3v) is 12.4. The van der Waals surface area contributed by atoms with Gasteiger partial charge in [0.25, 0.3) is 0 Å². The predicted octanol–water partition coefficient (Wildman–Crippen LogP) is 15.8. The van der Waals surface area contributed by atoms with Crippen molar-refractivity contribution in [3.05, 3.63) is 243 Å². The van der Waals surface area contributed by atoms with E-state index in [9.17, 15) is 0 Å². The number of rotatable bonds is 8.